The van der Waals surface area contributed by atoms with Crippen LogP contribution in [-0.2, 0) is 14.3 Å². The maximum Gasteiger partial charge on any atom is 0.157 e. The Hall–Kier alpha value is -0.410. The van der Waals surface area contributed by atoms with Gasteiger partial charge in [0, 0.05) is 13.0 Å². The van der Waals surface area contributed by atoms with E-state index in [-0.39, 0.29) is 6.29 Å². The van der Waals surface area contributed by atoms with E-state index in [1.807, 2.05) is 0 Å². The van der Waals surface area contributed by atoms with Crippen LogP contribution in [0.4, 0.5) is 0 Å². The van der Waals surface area contributed by atoms with Gasteiger partial charge in [0.25, 0.3) is 0 Å². The Bertz CT molecular complexity index is 164. The molecule has 0 aromatic heterocycles. The summed E-state index contributed by atoms with van der Waals surface area (Å²) >= 11 is 0. The van der Waals surface area contributed by atoms with E-state index < -0.39 is 0 Å². The highest BCUT2D eigenvalue weighted by Gasteiger charge is 2.14. The van der Waals surface area contributed by atoms with Crippen LogP contribution in [0.25, 0.3) is 0 Å². The first-order chi connectivity index (χ1) is 7.33. The van der Waals surface area contributed by atoms with Gasteiger partial charge in [-0.15, -0.1) is 0 Å². The summed E-state index contributed by atoms with van der Waals surface area (Å²) in [6.07, 6.45) is 7.11. The van der Waals surface area contributed by atoms with Gasteiger partial charge >= 0.3 is 0 Å². The summed E-state index contributed by atoms with van der Waals surface area (Å²) in [5, 5.41) is 0. The van der Waals surface area contributed by atoms with Gasteiger partial charge in [0.15, 0.2) is 6.29 Å². The van der Waals surface area contributed by atoms with Crippen LogP contribution in [0.5, 0.6) is 0 Å². The van der Waals surface area contributed by atoms with Gasteiger partial charge in [0.05, 0.1) is 6.61 Å². The van der Waals surface area contributed by atoms with Gasteiger partial charge in [0.2, 0.25) is 0 Å². The predicted octanol–water partition coefficient (Wildman–Crippen LogP) is 2.53. The normalized spacial score (nSPS) is 23.7. The molecule has 1 aliphatic heterocycles. The summed E-state index contributed by atoms with van der Waals surface area (Å²) in [6.45, 7) is 3.75. The molecule has 0 spiro atoms. The van der Waals surface area contributed by atoms with Crippen molar-refractivity contribution in [1.29, 1.82) is 0 Å². The molecule has 3 heteroatoms. The summed E-state index contributed by atoms with van der Waals surface area (Å²) in [4.78, 5) is 10.1. The van der Waals surface area contributed by atoms with E-state index in [2.05, 4.69) is 6.92 Å². The smallest absolute Gasteiger partial charge is 0.157 e. The van der Waals surface area contributed by atoms with Crippen molar-refractivity contribution in [2.45, 2.75) is 51.7 Å². The Kier molecular flexibility index (Phi) is 6.60. The average molecular weight is 214 g/mol. The number of carbonyl (C=O) groups excluding carboxylic acids is 1. The molecule has 1 saturated heterocycles. The Labute approximate surface area is 92.1 Å². The lowest BCUT2D eigenvalue weighted by atomic mass is 10.1. The summed E-state index contributed by atoms with van der Waals surface area (Å²) in [6, 6.07) is 0. The van der Waals surface area contributed by atoms with E-state index >= 15 is 0 Å². The SMILES string of the molecule is C[C@@H](CCCC=O)COC1CCCCO1. The molecule has 0 amide bonds. The Morgan fingerprint density at radius 3 is 3.07 bits per heavy atom. The van der Waals surface area contributed by atoms with Crippen LogP contribution in [0.15, 0.2) is 0 Å². The van der Waals surface area contributed by atoms with Gasteiger partial charge in [-0.25, -0.2) is 0 Å². The molecule has 1 rings (SSSR count). The molecule has 88 valence electrons. The van der Waals surface area contributed by atoms with Gasteiger partial charge < -0.3 is 14.3 Å². The van der Waals surface area contributed by atoms with Crippen molar-refractivity contribution >= 4 is 6.29 Å². The Morgan fingerprint density at radius 2 is 2.40 bits per heavy atom. The van der Waals surface area contributed by atoms with Crippen LogP contribution in [0.3, 0.4) is 0 Å². The van der Waals surface area contributed by atoms with E-state index in [4.69, 9.17) is 9.47 Å². The molecule has 0 aliphatic carbocycles. The van der Waals surface area contributed by atoms with Crippen LogP contribution in [-0.4, -0.2) is 25.8 Å². The van der Waals surface area contributed by atoms with Crippen molar-refractivity contribution in [3.05, 3.63) is 0 Å². The second-order valence-electron chi connectivity index (χ2n) is 4.33. The highest BCUT2D eigenvalue weighted by atomic mass is 16.7. The maximum atomic E-state index is 10.1. The van der Waals surface area contributed by atoms with Gasteiger partial charge in [-0.1, -0.05) is 6.92 Å². The molecule has 0 aromatic carbocycles. The zero-order chi connectivity index (χ0) is 10.9. The minimum atomic E-state index is 0.0206. The minimum Gasteiger partial charge on any atom is -0.353 e. The second kappa shape index (κ2) is 7.83. The monoisotopic (exact) mass is 214 g/mol. The van der Waals surface area contributed by atoms with Crippen molar-refractivity contribution in [3.8, 4) is 0 Å². The van der Waals surface area contributed by atoms with Crippen molar-refractivity contribution in [3.63, 3.8) is 0 Å². The van der Waals surface area contributed by atoms with Crippen molar-refractivity contribution in [2.24, 2.45) is 5.92 Å². The molecular weight excluding hydrogens is 192 g/mol. The third-order valence-corrected chi connectivity index (χ3v) is 2.72. The molecule has 1 fully saturated rings. The summed E-state index contributed by atoms with van der Waals surface area (Å²) in [7, 11) is 0. The van der Waals surface area contributed by atoms with Gasteiger partial charge in [0.1, 0.15) is 6.29 Å². The van der Waals surface area contributed by atoms with E-state index in [0.29, 0.717) is 12.3 Å². The highest BCUT2D eigenvalue weighted by molar-refractivity contribution is 5.48. The molecule has 0 radical (unpaired) electrons. The number of carbonyl (C=O) groups is 1. The van der Waals surface area contributed by atoms with Gasteiger partial charge in [-0.3, -0.25) is 0 Å². The number of aldehydes is 1. The number of ether oxygens (including phenoxy) is 2. The largest absolute Gasteiger partial charge is 0.353 e. The molecule has 1 unspecified atom stereocenters. The molecule has 0 bridgehead atoms. The third kappa shape index (κ3) is 5.90. The van der Waals surface area contributed by atoms with E-state index in [1.54, 1.807) is 0 Å². The average Bonchev–Trinajstić information content (AvgIpc) is 2.28. The molecule has 2 atom stereocenters. The first-order valence-electron chi connectivity index (χ1n) is 5.99. The fourth-order valence-electron chi connectivity index (χ4n) is 1.75. The van der Waals surface area contributed by atoms with Crippen molar-refractivity contribution in [1.82, 2.24) is 0 Å². The summed E-state index contributed by atoms with van der Waals surface area (Å²) in [5.41, 5.74) is 0. The molecule has 1 aliphatic rings. The van der Waals surface area contributed by atoms with E-state index in [9.17, 15) is 4.79 Å². The van der Waals surface area contributed by atoms with Crippen LogP contribution in [0.2, 0.25) is 0 Å². The molecule has 15 heavy (non-hydrogen) atoms. The lowest BCUT2D eigenvalue weighted by Crippen LogP contribution is -2.24. The van der Waals surface area contributed by atoms with E-state index in [1.165, 1.54) is 6.42 Å². The predicted molar refractivity (Wildman–Crippen MR) is 58.6 cm³/mol. The first-order valence-corrected chi connectivity index (χ1v) is 5.99. The molecule has 0 saturated carbocycles. The first kappa shape index (κ1) is 12.7. The molecule has 3 nitrogen and oxygen atoms in total. The molecular formula is C12H22O3. The van der Waals surface area contributed by atoms with Crippen LogP contribution in [0, 0.1) is 5.92 Å². The van der Waals surface area contributed by atoms with Crippen LogP contribution >= 0.6 is 0 Å². The zero-order valence-corrected chi connectivity index (χ0v) is 9.61. The number of rotatable bonds is 7. The lowest BCUT2D eigenvalue weighted by Gasteiger charge is -2.24. The van der Waals surface area contributed by atoms with Crippen LogP contribution in [0.1, 0.15) is 45.4 Å². The number of unbranched alkanes of at least 4 members (excludes halogenated alkanes) is 1. The Balaban J connectivity index is 1.99. The van der Waals surface area contributed by atoms with Crippen molar-refractivity contribution in [2.75, 3.05) is 13.2 Å². The highest BCUT2D eigenvalue weighted by Crippen LogP contribution is 2.16. The fourth-order valence-corrected chi connectivity index (χ4v) is 1.75. The standard InChI is InChI=1S/C12H22O3/c1-11(6-2-4-8-13)10-15-12-7-3-5-9-14-12/h8,11-12H,2-7,9-10H2,1H3/t11-,12?/m0/s1. The zero-order valence-electron chi connectivity index (χ0n) is 9.61. The Morgan fingerprint density at radius 1 is 1.53 bits per heavy atom. The second-order valence-corrected chi connectivity index (χ2v) is 4.33. The molecule has 1 heterocycles. The topological polar surface area (TPSA) is 35.5 Å². The quantitative estimate of drug-likeness (QED) is 0.482. The molecule has 0 N–H and O–H groups in total. The number of hydrogen-bond acceptors (Lipinski definition) is 3. The lowest BCUT2D eigenvalue weighted by molar-refractivity contribution is -0.168. The molecule has 0 aromatic rings. The van der Waals surface area contributed by atoms with Crippen molar-refractivity contribution < 1.29 is 14.3 Å². The van der Waals surface area contributed by atoms with Gasteiger partial charge in [-0.2, -0.15) is 0 Å². The van der Waals surface area contributed by atoms with Gasteiger partial charge in [-0.05, 0) is 38.0 Å². The number of hydrogen-bond donors (Lipinski definition) is 0. The van der Waals surface area contributed by atoms with E-state index in [0.717, 1.165) is 45.2 Å². The minimum absolute atomic E-state index is 0.0206. The summed E-state index contributed by atoms with van der Waals surface area (Å²) in [5.74, 6) is 0.524. The fraction of sp³-hybridized carbons (Fsp3) is 0.917. The third-order valence-electron chi connectivity index (χ3n) is 2.72. The van der Waals surface area contributed by atoms with Crippen LogP contribution < -0.4 is 0 Å². The summed E-state index contributed by atoms with van der Waals surface area (Å²) < 4.78 is 11.1. The maximum absolute atomic E-state index is 10.1.